The summed E-state index contributed by atoms with van der Waals surface area (Å²) in [5.74, 6) is 0.399. The largest absolute Gasteiger partial charge is 0.509 e. The molecule has 1 heterocycles. The lowest BCUT2D eigenvalue weighted by Gasteiger charge is -2.21. The summed E-state index contributed by atoms with van der Waals surface area (Å²) in [7, 11) is 0. The number of aromatic nitrogens is 1. The maximum absolute atomic E-state index is 13.1. The van der Waals surface area contributed by atoms with E-state index in [0.29, 0.717) is 39.9 Å². The third-order valence-corrected chi connectivity index (χ3v) is 7.83. The van der Waals surface area contributed by atoms with Crippen LogP contribution in [0.1, 0.15) is 48.5 Å². The Labute approximate surface area is 271 Å². The molecule has 2 aromatic carbocycles. The van der Waals surface area contributed by atoms with Gasteiger partial charge >= 0.3 is 19.4 Å². The fourth-order valence-electron chi connectivity index (χ4n) is 4.40. The number of alkyl halides is 4. The zero-order chi connectivity index (χ0) is 32.8. The van der Waals surface area contributed by atoms with Gasteiger partial charge in [-0.2, -0.15) is 17.6 Å². The Kier molecular flexibility index (Phi) is 11.1. The second-order valence-electron chi connectivity index (χ2n) is 10.9. The normalized spacial score (nSPS) is 15.0. The molecule has 0 unspecified atom stereocenters. The molecule has 1 atom stereocenters. The van der Waals surface area contributed by atoms with E-state index in [1.165, 1.54) is 48.8 Å². The van der Waals surface area contributed by atoms with E-state index in [9.17, 15) is 27.6 Å². The number of carbonyl (C=O) groups is 1. The van der Waals surface area contributed by atoms with Gasteiger partial charge in [0, 0.05) is 16.7 Å². The van der Waals surface area contributed by atoms with Crippen molar-refractivity contribution in [2.24, 2.45) is 11.8 Å². The number of nitrogens with zero attached hydrogens (tertiary/aromatic N) is 1. The summed E-state index contributed by atoms with van der Waals surface area (Å²) >= 11 is 12.6. The molecule has 15 heteroatoms. The molecule has 2 aliphatic carbocycles. The van der Waals surface area contributed by atoms with Crippen molar-refractivity contribution in [1.82, 2.24) is 0 Å². The highest BCUT2D eigenvalue weighted by atomic mass is 35.5. The SMILES string of the molecule is O=C(OCc1ccc(OC(F)F)c(OCC2CC2)c1)O[C@@H](Cc1c(Cl)c[n+](O)cc1Cl)c1ccc(OC(F)F)c(OCC2CC2)c1. The lowest BCUT2D eigenvalue weighted by atomic mass is 10.0. The van der Waals surface area contributed by atoms with Crippen molar-refractivity contribution in [2.45, 2.75) is 58.0 Å². The van der Waals surface area contributed by atoms with Crippen molar-refractivity contribution in [3.63, 3.8) is 0 Å². The summed E-state index contributed by atoms with van der Waals surface area (Å²) in [4.78, 5) is 13.0. The molecule has 0 amide bonds. The van der Waals surface area contributed by atoms with E-state index in [1.807, 2.05) is 0 Å². The molecule has 0 spiro atoms. The van der Waals surface area contributed by atoms with Crippen molar-refractivity contribution < 1.29 is 60.7 Å². The Hall–Kier alpha value is -3.84. The van der Waals surface area contributed by atoms with Gasteiger partial charge in [-0.3, -0.25) is 5.21 Å². The van der Waals surface area contributed by atoms with Crippen molar-refractivity contribution in [1.29, 1.82) is 0 Å². The minimum absolute atomic E-state index is 0.0231. The van der Waals surface area contributed by atoms with Gasteiger partial charge in [0.25, 0.3) is 0 Å². The molecular formula is C31H30Cl2F4NO8+. The van der Waals surface area contributed by atoms with Crippen LogP contribution >= 0.6 is 23.2 Å². The Bertz CT molecular complexity index is 1500. The van der Waals surface area contributed by atoms with Crippen LogP contribution in [0.3, 0.4) is 0 Å². The van der Waals surface area contributed by atoms with E-state index in [0.717, 1.165) is 25.7 Å². The fourth-order valence-corrected chi connectivity index (χ4v) is 5.01. The third-order valence-electron chi connectivity index (χ3n) is 7.18. The van der Waals surface area contributed by atoms with Crippen LogP contribution in [0.15, 0.2) is 48.8 Å². The molecule has 0 bridgehead atoms. The van der Waals surface area contributed by atoms with Crippen LogP contribution in [0.2, 0.25) is 10.0 Å². The predicted molar refractivity (Wildman–Crippen MR) is 154 cm³/mol. The molecule has 1 aromatic heterocycles. The third kappa shape index (κ3) is 9.83. The predicted octanol–water partition coefficient (Wildman–Crippen LogP) is 7.94. The van der Waals surface area contributed by atoms with Crippen molar-refractivity contribution in [2.75, 3.05) is 13.2 Å². The summed E-state index contributed by atoms with van der Waals surface area (Å²) in [6.45, 7) is -5.84. The van der Waals surface area contributed by atoms with E-state index in [4.69, 9.17) is 42.1 Å². The zero-order valence-electron chi connectivity index (χ0n) is 24.2. The van der Waals surface area contributed by atoms with Crippen LogP contribution in [-0.2, 0) is 22.5 Å². The number of hydrogen-bond acceptors (Lipinski definition) is 8. The van der Waals surface area contributed by atoms with Gasteiger partial charge < -0.3 is 28.4 Å². The first-order chi connectivity index (χ1) is 22.0. The first-order valence-corrected chi connectivity index (χ1v) is 15.1. The molecule has 0 saturated heterocycles. The highest BCUT2D eigenvalue weighted by Crippen LogP contribution is 2.38. The highest BCUT2D eigenvalue weighted by molar-refractivity contribution is 6.35. The van der Waals surface area contributed by atoms with Crippen LogP contribution < -0.4 is 23.7 Å². The molecule has 3 aromatic rings. The topological polar surface area (TPSA) is 96.6 Å². The molecule has 5 rings (SSSR count). The Morgan fingerprint density at radius 3 is 1.91 bits per heavy atom. The second kappa shape index (κ2) is 15.2. The summed E-state index contributed by atoms with van der Waals surface area (Å²) in [5.41, 5.74) is 1.04. The molecule has 2 fully saturated rings. The first kappa shape index (κ1) is 33.5. The number of hydrogen-bond donors (Lipinski definition) is 1. The van der Waals surface area contributed by atoms with Gasteiger partial charge in [0.2, 0.25) is 12.4 Å². The molecule has 9 nitrogen and oxygen atoms in total. The van der Waals surface area contributed by atoms with E-state index in [1.54, 1.807) is 0 Å². The average molecular weight is 691 g/mol. The van der Waals surface area contributed by atoms with Gasteiger partial charge in [0.15, 0.2) is 23.0 Å². The van der Waals surface area contributed by atoms with Gasteiger partial charge in [-0.1, -0.05) is 35.3 Å². The lowest BCUT2D eigenvalue weighted by Crippen LogP contribution is -2.29. The average Bonchev–Trinajstić information content (AvgIpc) is 3.92. The zero-order valence-corrected chi connectivity index (χ0v) is 25.7. The molecule has 248 valence electrons. The number of rotatable bonds is 16. The Balaban J connectivity index is 1.35. The quantitative estimate of drug-likeness (QED) is 0.0701. The first-order valence-electron chi connectivity index (χ1n) is 14.4. The van der Waals surface area contributed by atoms with Crippen LogP contribution in [0, 0.1) is 11.8 Å². The summed E-state index contributed by atoms with van der Waals surface area (Å²) in [6.07, 6.45) is 3.89. The van der Waals surface area contributed by atoms with Gasteiger partial charge in [0.1, 0.15) is 22.8 Å². The summed E-state index contributed by atoms with van der Waals surface area (Å²) < 4.78 is 84.3. The standard InChI is InChI=1S/C31H30Cl2F4NO8/c32-22-12-38(40)13-23(33)21(22)11-26(20-6-8-25(45-30(36)37)28(10-20)42-15-18-3-4-18)46-31(39)43-16-19-5-7-24(44-29(34)35)27(9-19)41-14-17-1-2-17/h5-10,12-13,17-18,26,29-30,40H,1-4,11,14-16H2/q+1/t26-/m0/s1. The van der Waals surface area contributed by atoms with E-state index in [2.05, 4.69) is 9.47 Å². The molecule has 0 aliphatic heterocycles. The molecular weight excluding hydrogens is 661 g/mol. The van der Waals surface area contributed by atoms with Crippen LogP contribution in [0.4, 0.5) is 22.4 Å². The molecule has 46 heavy (non-hydrogen) atoms. The maximum Gasteiger partial charge on any atom is 0.509 e. The smallest absolute Gasteiger partial charge is 0.489 e. The number of benzene rings is 2. The van der Waals surface area contributed by atoms with Gasteiger partial charge in [-0.05, 0) is 72.9 Å². The number of carbonyl (C=O) groups excluding carboxylic acids is 1. The van der Waals surface area contributed by atoms with Gasteiger partial charge in [-0.25, -0.2) is 4.79 Å². The van der Waals surface area contributed by atoms with Crippen LogP contribution in [0.5, 0.6) is 23.0 Å². The Morgan fingerprint density at radius 2 is 1.37 bits per heavy atom. The second-order valence-corrected chi connectivity index (χ2v) is 11.7. The molecule has 2 aliphatic rings. The molecule has 2 saturated carbocycles. The number of halogens is 6. The van der Waals surface area contributed by atoms with E-state index < -0.39 is 25.5 Å². The van der Waals surface area contributed by atoms with Crippen LogP contribution in [0.25, 0.3) is 0 Å². The summed E-state index contributed by atoms with van der Waals surface area (Å²) in [6, 6.07) is 8.27. The molecule has 0 radical (unpaired) electrons. The number of ether oxygens (including phenoxy) is 6. The van der Waals surface area contributed by atoms with Crippen molar-refractivity contribution >= 4 is 29.4 Å². The number of pyridine rings is 1. The van der Waals surface area contributed by atoms with E-state index in [-0.39, 0.29) is 52.7 Å². The van der Waals surface area contributed by atoms with Crippen LogP contribution in [-0.4, -0.2) is 37.8 Å². The van der Waals surface area contributed by atoms with E-state index >= 15 is 0 Å². The summed E-state index contributed by atoms with van der Waals surface area (Å²) in [5, 5.41) is 9.90. The molecule has 1 N–H and O–H groups in total. The van der Waals surface area contributed by atoms with Crippen molar-refractivity contribution in [3.05, 3.63) is 75.5 Å². The minimum Gasteiger partial charge on any atom is -0.489 e. The monoisotopic (exact) mass is 690 g/mol. The fraction of sp³-hybridized carbons (Fsp3) is 0.419. The van der Waals surface area contributed by atoms with Crippen molar-refractivity contribution in [3.8, 4) is 23.0 Å². The minimum atomic E-state index is -3.10. The highest BCUT2D eigenvalue weighted by Gasteiger charge is 2.28. The Morgan fingerprint density at radius 1 is 0.826 bits per heavy atom. The lowest BCUT2D eigenvalue weighted by molar-refractivity contribution is -0.904. The van der Waals surface area contributed by atoms with Gasteiger partial charge in [0.05, 0.1) is 13.2 Å². The van der Waals surface area contributed by atoms with Gasteiger partial charge in [-0.15, -0.1) is 0 Å². The maximum atomic E-state index is 13.1.